The highest BCUT2D eigenvalue weighted by molar-refractivity contribution is 6.41. The van der Waals surface area contributed by atoms with Gasteiger partial charge in [0.15, 0.2) is 0 Å². The lowest BCUT2D eigenvalue weighted by molar-refractivity contribution is -0.117. The van der Waals surface area contributed by atoms with Crippen molar-refractivity contribution in [3.8, 4) is 22.8 Å². The Morgan fingerprint density at radius 1 is 1.08 bits per heavy atom. The number of benzene rings is 1. The number of halogens is 2. The van der Waals surface area contributed by atoms with E-state index in [1.54, 1.807) is 12.3 Å². The molecule has 9 nitrogen and oxygen atoms in total. The molecule has 4 rings (SSSR count). The van der Waals surface area contributed by atoms with Crippen molar-refractivity contribution < 1.29 is 14.3 Å². The second-order valence-corrected chi connectivity index (χ2v) is 8.85. The smallest absolute Gasteiger partial charge is 0.243 e. The Morgan fingerprint density at radius 3 is 2.50 bits per heavy atom. The number of nitrogens with zero attached hydrogens (tertiary/aromatic N) is 3. The number of carbonyl (C=O) groups is 1. The lowest BCUT2D eigenvalue weighted by Gasteiger charge is -2.22. The summed E-state index contributed by atoms with van der Waals surface area (Å²) in [6, 6.07) is 7.18. The Hall–Kier alpha value is -3.56. The summed E-state index contributed by atoms with van der Waals surface area (Å²) in [7, 11) is 3.02. The highest BCUT2D eigenvalue weighted by Gasteiger charge is 2.28. The van der Waals surface area contributed by atoms with Crippen molar-refractivity contribution >= 4 is 46.4 Å². The minimum absolute atomic E-state index is 0.00291. The average molecular weight is 529 g/mol. The van der Waals surface area contributed by atoms with E-state index in [1.165, 1.54) is 26.6 Å². The van der Waals surface area contributed by atoms with Crippen LogP contribution in [0.2, 0.25) is 10.0 Å². The molecule has 2 heterocycles. The summed E-state index contributed by atoms with van der Waals surface area (Å²) in [5.41, 5.74) is 1.74. The first kappa shape index (κ1) is 25.5. The molecule has 1 aromatic carbocycles. The first-order chi connectivity index (χ1) is 17.4. The van der Waals surface area contributed by atoms with Crippen molar-refractivity contribution in [3.63, 3.8) is 0 Å². The van der Waals surface area contributed by atoms with Crippen LogP contribution in [0.1, 0.15) is 19.3 Å². The van der Waals surface area contributed by atoms with Crippen LogP contribution in [0.25, 0.3) is 11.3 Å². The van der Waals surface area contributed by atoms with Crippen molar-refractivity contribution in [2.24, 2.45) is 0 Å². The van der Waals surface area contributed by atoms with E-state index >= 15 is 0 Å². The molecule has 0 radical (unpaired) electrons. The molecule has 1 aliphatic carbocycles. The molecule has 36 heavy (non-hydrogen) atoms. The SMILES string of the molecule is C=CC(=O)NC1CCC[C@H]1Nc1cc(-c2cccnc2Nc2c(Cl)c(OC)cc(OC)c2Cl)ncn1. The van der Waals surface area contributed by atoms with Gasteiger partial charge in [0.25, 0.3) is 0 Å². The van der Waals surface area contributed by atoms with Gasteiger partial charge in [-0.1, -0.05) is 29.8 Å². The van der Waals surface area contributed by atoms with E-state index in [1.807, 2.05) is 18.2 Å². The van der Waals surface area contributed by atoms with Gasteiger partial charge in [-0.15, -0.1) is 0 Å². The maximum atomic E-state index is 11.8. The molecule has 1 amide bonds. The first-order valence-corrected chi connectivity index (χ1v) is 12.0. The van der Waals surface area contributed by atoms with Crippen LogP contribution in [-0.2, 0) is 4.79 Å². The monoisotopic (exact) mass is 528 g/mol. The summed E-state index contributed by atoms with van der Waals surface area (Å²) >= 11 is 13.1. The molecule has 3 N–H and O–H groups in total. The number of pyridine rings is 1. The fourth-order valence-corrected chi connectivity index (χ4v) is 4.74. The van der Waals surface area contributed by atoms with E-state index in [2.05, 4.69) is 37.5 Å². The molecule has 2 aromatic heterocycles. The van der Waals surface area contributed by atoms with Crippen LogP contribution in [-0.4, -0.2) is 47.2 Å². The van der Waals surface area contributed by atoms with Crippen LogP contribution in [0, 0.1) is 0 Å². The number of hydrogen-bond acceptors (Lipinski definition) is 8. The lowest BCUT2D eigenvalue weighted by atomic mass is 10.1. The number of nitrogens with one attached hydrogen (secondary N) is 3. The Bertz CT molecular complexity index is 1240. The number of anilines is 3. The number of aromatic nitrogens is 3. The van der Waals surface area contributed by atoms with Crippen LogP contribution < -0.4 is 25.4 Å². The molecular formula is C25H26Cl2N6O3. The summed E-state index contributed by atoms with van der Waals surface area (Å²) in [4.78, 5) is 25.1. The van der Waals surface area contributed by atoms with E-state index in [9.17, 15) is 4.79 Å². The van der Waals surface area contributed by atoms with Gasteiger partial charge in [0, 0.05) is 36.0 Å². The zero-order chi connectivity index (χ0) is 25.7. The first-order valence-electron chi connectivity index (χ1n) is 11.3. The zero-order valence-corrected chi connectivity index (χ0v) is 21.4. The molecule has 188 valence electrons. The molecule has 11 heteroatoms. The van der Waals surface area contributed by atoms with E-state index < -0.39 is 0 Å². The fraction of sp³-hybridized carbons (Fsp3) is 0.280. The summed E-state index contributed by atoms with van der Waals surface area (Å²) < 4.78 is 10.7. The van der Waals surface area contributed by atoms with Gasteiger partial charge in [0.1, 0.15) is 39.5 Å². The largest absolute Gasteiger partial charge is 0.495 e. The Morgan fingerprint density at radius 2 is 1.81 bits per heavy atom. The molecule has 1 saturated carbocycles. The summed E-state index contributed by atoms with van der Waals surface area (Å²) in [6.07, 6.45) is 7.21. The highest BCUT2D eigenvalue weighted by Crippen LogP contribution is 2.45. The molecule has 1 unspecified atom stereocenters. The fourth-order valence-electron chi connectivity index (χ4n) is 4.15. The van der Waals surface area contributed by atoms with Crippen LogP contribution in [0.15, 0.2) is 49.4 Å². The molecule has 1 fully saturated rings. The number of carbonyl (C=O) groups excluding carboxylic acids is 1. The van der Waals surface area contributed by atoms with E-state index in [4.69, 9.17) is 32.7 Å². The van der Waals surface area contributed by atoms with E-state index in [0.717, 1.165) is 19.3 Å². The van der Waals surface area contributed by atoms with Gasteiger partial charge >= 0.3 is 0 Å². The standard InChI is InChI=1S/C25H26Cl2N6O3/c1-4-21(34)32-16-9-5-8-15(16)31-20-11-17(29-13-30-20)14-7-6-10-28-25(14)33-24-22(26)18(35-2)12-19(36-3)23(24)27/h4,6-7,10-13,15-16H,1,5,8-9H2,2-3H3,(H,28,33)(H,32,34)(H,29,30,31)/t15-,16?/m1/s1. The van der Waals surface area contributed by atoms with Crippen molar-refractivity contribution in [3.05, 3.63) is 59.5 Å². The molecule has 3 aromatic rings. The van der Waals surface area contributed by atoms with Gasteiger partial charge in [-0.25, -0.2) is 15.0 Å². The van der Waals surface area contributed by atoms with Gasteiger partial charge in [0.2, 0.25) is 5.91 Å². The molecule has 0 spiro atoms. The zero-order valence-electron chi connectivity index (χ0n) is 19.8. The number of ether oxygens (including phenoxy) is 2. The number of rotatable bonds is 9. The predicted octanol–water partition coefficient (Wildman–Crippen LogP) is 5.24. The molecular weight excluding hydrogens is 503 g/mol. The summed E-state index contributed by atoms with van der Waals surface area (Å²) in [5, 5.41) is 10.2. The van der Waals surface area contributed by atoms with Crippen LogP contribution in [0.4, 0.5) is 17.3 Å². The summed E-state index contributed by atoms with van der Waals surface area (Å²) in [6.45, 7) is 3.53. The molecule has 0 bridgehead atoms. The molecule has 0 saturated heterocycles. The minimum atomic E-state index is -0.186. The molecule has 1 aliphatic rings. The van der Waals surface area contributed by atoms with Gasteiger partial charge in [-0.3, -0.25) is 4.79 Å². The van der Waals surface area contributed by atoms with Gasteiger partial charge in [-0.05, 0) is 37.5 Å². The Labute approximate surface area is 219 Å². The molecule has 0 aliphatic heterocycles. The second-order valence-electron chi connectivity index (χ2n) is 8.10. The third kappa shape index (κ3) is 5.47. The minimum Gasteiger partial charge on any atom is -0.495 e. The maximum absolute atomic E-state index is 11.8. The Kier molecular flexibility index (Phi) is 8.12. The van der Waals surface area contributed by atoms with Crippen molar-refractivity contribution in [2.75, 3.05) is 24.9 Å². The van der Waals surface area contributed by atoms with Crippen LogP contribution in [0.5, 0.6) is 11.5 Å². The molecule has 2 atom stereocenters. The third-order valence-corrected chi connectivity index (χ3v) is 6.68. The van der Waals surface area contributed by atoms with Gasteiger partial charge < -0.3 is 25.4 Å². The van der Waals surface area contributed by atoms with Crippen molar-refractivity contribution in [2.45, 2.75) is 31.3 Å². The highest BCUT2D eigenvalue weighted by atomic mass is 35.5. The van der Waals surface area contributed by atoms with Crippen molar-refractivity contribution in [1.29, 1.82) is 0 Å². The number of methoxy groups -OCH3 is 2. The second kappa shape index (κ2) is 11.5. The summed E-state index contributed by atoms with van der Waals surface area (Å²) in [5.74, 6) is 1.74. The normalized spacial score (nSPS) is 16.8. The van der Waals surface area contributed by atoms with Crippen molar-refractivity contribution in [1.82, 2.24) is 20.3 Å². The average Bonchev–Trinajstić information content (AvgIpc) is 3.33. The van der Waals surface area contributed by atoms with E-state index in [0.29, 0.717) is 50.1 Å². The topological polar surface area (TPSA) is 110 Å². The van der Waals surface area contributed by atoms with Crippen LogP contribution >= 0.6 is 23.2 Å². The van der Waals surface area contributed by atoms with E-state index in [-0.39, 0.29) is 18.0 Å². The number of amides is 1. The lowest BCUT2D eigenvalue weighted by Crippen LogP contribution is -2.42. The quantitative estimate of drug-likeness (QED) is 0.323. The van der Waals surface area contributed by atoms with Crippen LogP contribution in [0.3, 0.4) is 0 Å². The van der Waals surface area contributed by atoms with Gasteiger partial charge in [0.05, 0.1) is 25.6 Å². The Balaban J connectivity index is 1.63. The number of hydrogen-bond donors (Lipinski definition) is 3. The predicted molar refractivity (Wildman–Crippen MR) is 142 cm³/mol. The van der Waals surface area contributed by atoms with Gasteiger partial charge in [-0.2, -0.15) is 0 Å². The third-order valence-electron chi connectivity index (χ3n) is 5.93. The maximum Gasteiger partial charge on any atom is 0.243 e.